The number of fused-ring (bicyclic) bond motifs is 6. The topological polar surface area (TPSA) is 38.5 Å². The maximum Gasteiger partial charge on any atom is 0.137 e. The van der Waals surface area contributed by atoms with Crippen LogP contribution in [0, 0.1) is 0 Å². The standard InChI is InChI=1S/C72H71N5O/c1-69(2,3)49-36-37-73-65(43-49)77-64-45-55(34-35-60(64)67-68(77)59-28-19-20-31-61(59)76(67)53-26-17-14-18-27-53)78-56-42-52(72(10,11)12)41-54(44-56)74-46-75(63-33-22-21-32-62(63)74)66-57(47-24-15-13-16-25-47)29-23-30-58(66)48-38-50(70(4,5)6)40-51(39-48)71(7,8)9/h13-45H,46H2,1-12H3. The molecule has 0 atom stereocenters. The van der Waals surface area contributed by atoms with Crippen LogP contribution in [0.15, 0.2) is 200 Å². The second-order valence-electron chi connectivity index (χ2n) is 25.5. The van der Waals surface area contributed by atoms with E-state index in [1.165, 1.54) is 50.2 Å². The molecule has 0 amide bonds. The summed E-state index contributed by atoms with van der Waals surface area (Å²) < 4.78 is 12.0. The number of pyridine rings is 1. The maximum absolute atomic E-state index is 7.22. The number of aromatic nitrogens is 3. The molecule has 0 bridgehead atoms. The molecule has 0 radical (unpaired) electrons. The molecule has 0 saturated heterocycles. The molecule has 0 fully saturated rings. The summed E-state index contributed by atoms with van der Waals surface area (Å²) in [5.41, 5.74) is 19.6. The lowest BCUT2D eigenvalue weighted by molar-refractivity contribution is 0.479. The van der Waals surface area contributed by atoms with Crippen molar-refractivity contribution in [2.45, 2.75) is 105 Å². The fourth-order valence-corrected chi connectivity index (χ4v) is 11.4. The van der Waals surface area contributed by atoms with Gasteiger partial charge in [0.05, 0.1) is 39.1 Å². The summed E-state index contributed by atoms with van der Waals surface area (Å²) in [6.07, 6.45) is 1.95. The van der Waals surface area contributed by atoms with Gasteiger partial charge in [0.1, 0.15) is 24.0 Å². The number of ether oxygens (including phenoxy) is 1. The Morgan fingerprint density at radius 1 is 0.385 bits per heavy atom. The molecule has 6 heteroatoms. The van der Waals surface area contributed by atoms with E-state index in [9.17, 15) is 0 Å². The van der Waals surface area contributed by atoms with Crippen LogP contribution < -0.4 is 14.5 Å². The molecule has 0 unspecified atom stereocenters. The number of hydrogen-bond donors (Lipinski definition) is 0. The fraction of sp³-hybridized carbons (Fsp3) is 0.236. The first-order valence-corrected chi connectivity index (χ1v) is 27.6. The zero-order valence-corrected chi connectivity index (χ0v) is 47.4. The average molecular weight is 1020 g/mol. The van der Waals surface area contributed by atoms with Crippen molar-refractivity contribution in [1.82, 2.24) is 14.1 Å². The van der Waals surface area contributed by atoms with Crippen LogP contribution in [0.4, 0.5) is 22.7 Å². The molecular weight excluding hydrogens is 951 g/mol. The fourth-order valence-electron chi connectivity index (χ4n) is 11.4. The van der Waals surface area contributed by atoms with Crippen molar-refractivity contribution >= 4 is 55.6 Å². The van der Waals surface area contributed by atoms with Crippen LogP contribution >= 0.6 is 0 Å². The molecule has 4 heterocycles. The highest BCUT2D eigenvalue weighted by atomic mass is 16.5. The van der Waals surface area contributed by atoms with E-state index in [1.54, 1.807) is 0 Å². The normalized spacial score (nSPS) is 13.3. The first-order chi connectivity index (χ1) is 37.2. The van der Waals surface area contributed by atoms with E-state index in [4.69, 9.17) is 9.72 Å². The predicted molar refractivity (Wildman–Crippen MR) is 330 cm³/mol. The lowest BCUT2D eigenvalue weighted by atomic mass is 9.78. The van der Waals surface area contributed by atoms with Crippen LogP contribution in [0.25, 0.3) is 66.6 Å². The Kier molecular flexibility index (Phi) is 12.1. The Hall–Kier alpha value is -8.35. The molecule has 0 saturated carbocycles. The van der Waals surface area contributed by atoms with Crippen molar-refractivity contribution < 1.29 is 4.74 Å². The smallest absolute Gasteiger partial charge is 0.137 e. The van der Waals surface area contributed by atoms with Gasteiger partial charge in [0.25, 0.3) is 0 Å². The Labute approximate surface area is 461 Å². The van der Waals surface area contributed by atoms with Gasteiger partial charge in [-0.1, -0.05) is 198 Å². The highest BCUT2D eigenvalue weighted by Gasteiger charge is 2.34. The third-order valence-electron chi connectivity index (χ3n) is 15.8. The van der Waals surface area contributed by atoms with Gasteiger partial charge in [-0.25, -0.2) is 4.98 Å². The van der Waals surface area contributed by atoms with E-state index >= 15 is 0 Å². The molecule has 78 heavy (non-hydrogen) atoms. The maximum atomic E-state index is 7.22. The minimum atomic E-state index is -0.180. The van der Waals surface area contributed by atoms with Gasteiger partial charge in [0.15, 0.2) is 0 Å². The zero-order chi connectivity index (χ0) is 54.5. The molecular formula is C72H71N5O. The zero-order valence-electron chi connectivity index (χ0n) is 47.4. The summed E-state index contributed by atoms with van der Waals surface area (Å²) in [5, 5.41) is 2.28. The van der Waals surface area contributed by atoms with Crippen LogP contribution in [0.2, 0.25) is 0 Å². The SMILES string of the molecule is CC(C)(C)c1cc(Oc2ccc3c(c2)n(-c2cc(C(C)(C)C)ccn2)c2c4ccccc4n(-c4ccccc4)c32)cc(N2CN(c3c(-c4ccccc4)cccc3-c3cc(C(C)(C)C)cc(C(C)(C)C)c3)c3ccccc32)c1. The number of rotatable bonds is 8. The van der Waals surface area contributed by atoms with Gasteiger partial charge in [0.2, 0.25) is 0 Å². The van der Waals surface area contributed by atoms with E-state index in [0.717, 1.165) is 72.9 Å². The number of para-hydroxylation sites is 5. The average Bonchev–Trinajstić information content (AvgIpc) is 3.99. The van der Waals surface area contributed by atoms with Crippen molar-refractivity contribution in [3.63, 3.8) is 0 Å². The molecule has 6 nitrogen and oxygen atoms in total. The number of benzene rings is 8. The van der Waals surface area contributed by atoms with E-state index in [1.807, 2.05) is 6.20 Å². The molecule has 12 rings (SSSR count). The third-order valence-corrected chi connectivity index (χ3v) is 15.8. The quantitative estimate of drug-likeness (QED) is 0.152. The first-order valence-electron chi connectivity index (χ1n) is 27.6. The summed E-state index contributed by atoms with van der Waals surface area (Å²) in [5.74, 6) is 2.40. The third kappa shape index (κ3) is 9.01. The Morgan fingerprint density at radius 3 is 1.62 bits per heavy atom. The van der Waals surface area contributed by atoms with Gasteiger partial charge in [0, 0.05) is 51.6 Å². The molecule has 3 aromatic heterocycles. The summed E-state index contributed by atoms with van der Waals surface area (Å²) in [7, 11) is 0. The van der Waals surface area contributed by atoms with Crippen molar-refractivity contribution in [2.24, 2.45) is 0 Å². The van der Waals surface area contributed by atoms with Crippen molar-refractivity contribution in [3.8, 4) is 45.3 Å². The number of anilines is 4. The van der Waals surface area contributed by atoms with E-state index in [-0.39, 0.29) is 21.7 Å². The summed E-state index contributed by atoms with van der Waals surface area (Å²) in [6.45, 7) is 28.2. The number of hydrogen-bond acceptors (Lipinski definition) is 4. The second-order valence-corrected chi connectivity index (χ2v) is 25.5. The Bertz CT molecular complexity index is 4040. The molecule has 8 aromatic carbocycles. The van der Waals surface area contributed by atoms with Crippen LogP contribution in [-0.2, 0) is 21.7 Å². The molecule has 0 aliphatic carbocycles. The molecule has 11 aromatic rings. The Morgan fingerprint density at radius 2 is 0.949 bits per heavy atom. The van der Waals surface area contributed by atoms with Gasteiger partial charge in [-0.05, 0) is 122 Å². The lowest BCUT2D eigenvalue weighted by Gasteiger charge is -2.30. The predicted octanol–water partition coefficient (Wildman–Crippen LogP) is 19.7. The van der Waals surface area contributed by atoms with E-state index < -0.39 is 0 Å². The van der Waals surface area contributed by atoms with Crippen molar-refractivity contribution in [3.05, 3.63) is 223 Å². The summed E-state index contributed by atoms with van der Waals surface area (Å²) in [6, 6.07) is 71.1. The molecule has 1 aliphatic heterocycles. The lowest BCUT2D eigenvalue weighted by Crippen LogP contribution is -2.25. The number of nitrogens with zero attached hydrogens (tertiary/aromatic N) is 5. The van der Waals surface area contributed by atoms with Gasteiger partial charge >= 0.3 is 0 Å². The van der Waals surface area contributed by atoms with E-state index in [2.05, 4.69) is 296 Å². The van der Waals surface area contributed by atoms with Gasteiger partial charge in [-0.3, -0.25) is 4.57 Å². The molecule has 1 aliphatic rings. The highest BCUT2D eigenvalue weighted by molar-refractivity contribution is 6.20. The summed E-state index contributed by atoms with van der Waals surface area (Å²) in [4.78, 5) is 10.1. The minimum absolute atomic E-state index is 0.0384. The van der Waals surface area contributed by atoms with Crippen LogP contribution in [0.3, 0.4) is 0 Å². The molecule has 390 valence electrons. The van der Waals surface area contributed by atoms with E-state index in [0.29, 0.717) is 6.67 Å². The monoisotopic (exact) mass is 1020 g/mol. The van der Waals surface area contributed by atoms with Gasteiger partial charge in [-0.2, -0.15) is 0 Å². The van der Waals surface area contributed by atoms with Gasteiger partial charge in [-0.15, -0.1) is 0 Å². The summed E-state index contributed by atoms with van der Waals surface area (Å²) >= 11 is 0. The van der Waals surface area contributed by atoms with Crippen LogP contribution in [0.1, 0.15) is 105 Å². The second kappa shape index (κ2) is 18.7. The Balaban J connectivity index is 1.01. The van der Waals surface area contributed by atoms with Gasteiger partial charge < -0.3 is 19.1 Å². The highest BCUT2D eigenvalue weighted by Crippen LogP contribution is 2.52. The van der Waals surface area contributed by atoms with Crippen LogP contribution in [0.5, 0.6) is 11.5 Å². The first kappa shape index (κ1) is 50.5. The van der Waals surface area contributed by atoms with Crippen molar-refractivity contribution in [1.29, 1.82) is 0 Å². The van der Waals surface area contributed by atoms with Crippen LogP contribution in [-0.4, -0.2) is 20.8 Å². The van der Waals surface area contributed by atoms with Crippen molar-refractivity contribution in [2.75, 3.05) is 16.5 Å². The minimum Gasteiger partial charge on any atom is -0.457 e. The molecule has 0 spiro atoms. The molecule has 0 N–H and O–H groups in total. The largest absolute Gasteiger partial charge is 0.457 e.